The number of nitrogens with zero attached hydrogens (tertiary/aromatic N) is 2. The molecule has 0 spiro atoms. The second-order valence-corrected chi connectivity index (χ2v) is 4.64. The highest BCUT2D eigenvalue weighted by molar-refractivity contribution is 8.14. The van der Waals surface area contributed by atoms with Crippen LogP contribution in [0.2, 0.25) is 0 Å². The summed E-state index contributed by atoms with van der Waals surface area (Å²) in [7, 11) is 3.49. The highest BCUT2D eigenvalue weighted by Crippen LogP contribution is 2.17. The zero-order valence-electron chi connectivity index (χ0n) is 8.20. The molecule has 0 aromatic heterocycles. The number of carbonyl (C=O) groups excluding carboxylic acids is 1. The van der Waals surface area contributed by atoms with Crippen molar-refractivity contribution in [2.45, 2.75) is 12.2 Å². The smallest absolute Gasteiger partial charge is 0.241 e. The van der Waals surface area contributed by atoms with Gasteiger partial charge in [0.25, 0.3) is 0 Å². The molecule has 1 heterocycles. The van der Waals surface area contributed by atoms with E-state index in [0.717, 1.165) is 11.7 Å². The van der Waals surface area contributed by atoms with Crippen molar-refractivity contribution < 1.29 is 4.79 Å². The van der Waals surface area contributed by atoms with E-state index in [9.17, 15) is 4.79 Å². The van der Waals surface area contributed by atoms with Crippen molar-refractivity contribution in [3.63, 3.8) is 0 Å². The van der Waals surface area contributed by atoms with Gasteiger partial charge in [-0.3, -0.25) is 9.79 Å². The Morgan fingerprint density at radius 3 is 2.92 bits per heavy atom. The Bertz CT molecular complexity index is 227. The van der Waals surface area contributed by atoms with Crippen molar-refractivity contribution >= 4 is 22.8 Å². The quantitative estimate of drug-likeness (QED) is 0.692. The normalized spacial score (nSPS) is 21.2. The van der Waals surface area contributed by atoms with Crippen LogP contribution < -0.4 is 5.32 Å². The second-order valence-electron chi connectivity index (χ2n) is 3.22. The Morgan fingerprint density at radius 2 is 2.46 bits per heavy atom. The predicted octanol–water partition coefficient (Wildman–Crippen LogP) is 0.155. The zero-order chi connectivity index (χ0) is 9.84. The molecular weight excluding hydrogens is 186 g/mol. The predicted molar refractivity (Wildman–Crippen MR) is 56.1 cm³/mol. The van der Waals surface area contributed by atoms with Crippen molar-refractivity contribution in [1.82, 2.24) is 10.2 Å². The van der Waals surface area contributed by atoms with Crippen LogP contribution in [0.15, 0.2) is 4.99 Å². The Hall–Kier alpha value is -0.710. The average molecular weight is 201 g/mol. The average Bonchev–Trinajstić information content (AvgIpc) is 2.47. The van der Waals surface area contributed by atoms with Gasteiger partial charge in [-0.25, -0.2) is 0 Å². The van der Waals surface area contributed by atoms with Gasteiger partial charge in [-0.15, -0.1) is 0 Å². The fourth-order valence-electron chi connectivity index (χ4n) is 0.883. The fourth-order valence-corrected chi connectivity index (χ4v) is 1.72. The maximum Gasteiger partial charge on any atom is 0.241 e. The van der Waals surface area contributed by atoms with Crippen LogP contribution >= 0.6 is 11.8 Å². The molecule has 74 valence electrons. The van der Waals surface area contributed by atoms with Crippen molar-refractivity contribution in [2.24, 2.45) is 4.99 Å². The molecule has 0 aliphatic carbocycles. The Morgan fingerprint density at radius 1 is 1.77 bits per heavy atom. The molecule has 1 N–H and O–H groups in total. The van der Waals surface area contributed by atoms with Crippen LogP contribution in [-0.2, 0) is 4.79 Å². The standard InChI is InChI=1S/C8H15N3OS/c1-6-4-9-8(13-6)10-5-7(12)11(2)3/h6H,4-5H2,1-3H3,(H,9,10). The monoisotopic (exact) mass is 201 g/mol. The molecule has 0 aromatic rings. The molecule has 0 saturated heterocycles. The zero-order valence-corrected chi connectivity index (χ0v) is 9.02. The summed E-state index contributed by atoms with van der Waals surface area (Å²) in [5, 5.41) is 4.45. The second kappa shape index (κ2) is 4.50. The van der Waals surface area contributed by atoms with Gasteiger partial charge in [-0.2, -0.15) is 0 Å². The van der Waals surface area contributed by atoms with Gasteiger partial charge >= 0.3 is 0 Å². The van der Waals surface area contributed by atoms with Gasteiger partial charge < -0.3 is 10.2 Å². The molecule has 13 heavy (non-hydrogen) atoms. The van der Waals surface area contributed by atoms with E-state index in [1.54, 1.807) is 30.8 Å². The molecule has 1 unspecified atom stereocenters. The number of rotatable bonds is 2. The summed E-state index contributed by atoms with van der Waals surface area (Å²) in [6, 6.07) is 0. The number of carbonyl (C=O) groups is 1. The SMILES string of the molecule is CC1CN=C(NCC(=O)N(C)C)S1. The van der Waals surface area contributed by atoms with Gasteiger partial charge in [-0.05, 0) is 0 Å². The Balaban J connectivity index is 2.24. The summed E-state index contributed by atoms with van der Waals surface area (Å²) in [6.45, 7) is 3.31. The van der Waals surface area contributed by atoms with Gasteiger partial charge in [0.05, 0.1) is 13.1 Å². The molecule has 0 bridgehead atoms. The third-order valence-corrected chi connectivity index (χ3v) is 2.74. The minimum absolute atomic E-state index is 0.0721. The van der Waals surface area contributed by atoms with Crippen molar-refractivity contribution in [2.75, 3.05) is 27.2 Å². The number of aliphatic imine (C=N–C) groups is 1. The summed E-state index contributed by atoms with van der Waals surface area (Å²) in [5.74, 6) is 0.0721. The van der Waals surface area contributed by atoms with Crippen molar-refractivity contribution in [1.29, 1.82) is 0 Å². The summed E-state index contributed by atoms with van der Waals surface area (Å²) in [6.07, 6.45) is 0. The lowest BCUT2D eigenvalue weighted by molar-refractivity contribution is -0.127. The lowest BCUT2D eigenvalue weighted by atomic mass is 10.5. The topological polar surface area (TPSA) is 44.7 Å². The van der Waals surface area contributed by atoms with Crippen LogP contribution in [0.25, 0.3) is 0 Å². The fraction of sp³-hybridized carbons (Fsp3) is 0.750. The lowest BCUT2D eigenvalue weighted by Gasteiger charge is -2.11. The summed E-state index contributed by atoms with van der Waals surface area (Å²) in [5.41, 5.74) is 0. The number of likely N-dealkylation sites (N-methyl/N-ethyl adjacent to an activating group) is 1. The maximum absolute atomic E-state index is 11.2. The molecule has 1 rings (SSSR count). The van der Waals surface area contributed by atoms with Gasteiger partial charge in [-0.1, -0.05) is 18.7 Å². The highest BCUT2D eigenvalue weighted by atomic mass is 32.2. The lowest BCUT2D eigenvalue weighted by Crippen LogP contribution is -2.34. The first kappa shape index (κ1) is 10.4. The first-order valence-electron chi connectivity index (χ1n) is 4.24. The molecule has 4 nitrogen and oxygen atoms in total. The number of amidine groups is 1. The minimum Gasteiger partial charge on any atom is -0.356 e. The van der Waals surface area contributed by atoms with E-state index in [2.05, 4.69) is 17.2 Å². The van der Waals surface area contributed by atoms with Gasteiger partial charge in [0.2, 0.25) is 5.91 Å². The van der Waals surface area contributed by atoms with Crippen molar-refractivity contribution in [3.8, 4) is 0 Å². The van der Waals surface area contributed by atoms with E-state index in [1.165, 1.54) is 0 Å². The molecule has 1 atom stereocenters. The van der Waals surface area contributed by atoms with Gasteiger partial charge in [0.1, 0.15) is 0 Å². The van der Waals surface area contributed by atoms with Gasteiger partial charge in [0, 0.05) is 19.3 Å². The highest BCUT2D eigenvalue weighted by Gasteiger charge is 2.15. The number of hydrogen-bond acceptors (Lipinski definition) is 4. The van der Waals surface area contributed by atoms with E-state index in [1.807, 2.05) is 0 Å². The van der Waals surface area contributed by atoms with Crippen molar-refractivity contribution in [3.05, 3.63) is 0 Å². The third kappa shape index (κ3) is 3.26. The molecule has 5 heteroatoms. The Labute approximate surface area is 82.8 Å². The van der Waals surface area contributed by atoms with E-state index < -0.39 is 0 Å². The molecular formula is C8H15N3OS. The number of amides is 1. The van der Waals surface area contributed by atoms with Crippen LogP contribution in [0.3, 0.4) is 0 Å². The van der Waals surface area contributed by atoms with E-state index >= 15 is 0 Å². The molecule has 0 aromatic carbocycles. The molecule has 1 amide bonds. The molecule has 0 fully saturated rings. The van der Waals surface area contributed by atoms with E-state index in [-0.39, 0.29) is 5.91 Å². The molecule has 0 saturated carbocycles. The largest absolute Gasteiger partial charge is 0.356 e. The Kier molecular flexibility index (Phi) is 3.59. The van der Waals surface area contributed by atoms with E-state index in [0.29, 0.717) is 11.8 Å². The van der Waals surface area contributed by atoms with Crippen LogP contribution in [0.4, 0.5) is 0 Å². The summed E-state index contributed by atoms with van der Waals surface area (Å²) in [4.78, 5) is 17.0. The van der Waals surface area contributed by atoms with Crippen LogP contribution in [-0.4, -0.2) is 48.4 Å². The van der Waals surface area contributed by atoms with Crippen LogP contribution in [0.5, 0.6) is 0 Å². The number of thioether (sulfide) groups is 1. The van der Waals surface area contributed by atoms with Crippen LogP contribution in [0.1, 0.15) is 6.92 Å². The maximum atomic E-state index is 11.2. The van der Waals surface area contributed by atoms with Gasteiger partial charge in [0.15, 0.2) is 5.17 Å². The van der Waals surface area contributed by atoms with E-state index in [4.69, 9.17) is 0 Å². The molecule has 1 aliphatic heterocycles. The number of nitrogens with one attached hydrogen (secondary N) is 1. The minimum atomic E-state index is 0.0721. The first-order chi connectivity index (χ1) is 6.09. The molecule has 1 aliphatic rings. The van der Waals surface area contributed by atoms with Crippen LogP contribution in [0, 0.1) is 0 Å². The summed E-state index contributed by atoms with van der Waals surface area (Å²) >= 11 is 1.69. The third-order valence-electron chi connectivity index (χ3n) is 1.69. The first-order valence-corrected chi connectivity index (χ1v) is 5.12. The molecule has 0 radical (unpaired) electrons. The number of hydrogen-bond donors (Lipinski definition) is 1. The summed E-state index contributed by atoms with van der Waals surface area (Å²) < 4.78 is 0.